The fourth-order valence-corrected chi connectivity index (χ4v) is 3.03. The van der Waals surface area contributed by atoms with E-state index in [1.807, 2.05) is 22.6 Å². The molecular formula is C14H22N4O2. The quantitative estimate of drug-likeness (QED) is 0.868. The molecule has 110 valence electrons. The third kappa shape index (κ3) is 2.58. The number of carbonyl (C=O) groups is 1. The third-order valence-electron chi connectivity index (χ3n) is 4.27. The van der Waals surface area contributed by atoms with Crippen molar-refractivity contribution in [2.45, 2.75) is 25.3 Å². The summed E-state index contributed by atoms with van der Waals surface area (Å²) in [6.45, 7) is 6.65. The van der Waals surface area contributed by atoms with Gasteiger partial charge in [-0.05, 0) is 19.9 Å². The van der Waals surface area contributed by atoms with Gasteiger partial charge in [-0.3, -0.25) is 4.79 Å². The Morgan fingerprint density at radius 2 is 2.30 bits per heavy atom. The number of nitrogens with one attached hydrogen (secondary N) is 1. The van der Waals surface area contributed by atoms with Crippen LogP contribution in [0.4, 0.5) is 0 Å². The molecule has 20 heavy (non-hydrogen) atoms. The van der Waals surface area contributed by atoms with Gasteiger partial charge in [0.25, 0.3) is 0 Å². The summed E-state index contributed by atoms with van der Waals surface area (Å²) in [5, 5.41) is 3.37. The van der Waals surface area contributed by atoms with Crippen LogP contribution in [0.2, 0.25) is 0 Å². The van der Waals surface area contributed by atoms with E-state index in [1.54, 1.807) is 6.33 Å². The Morgan fingerprint density at radius 1 is 1.50 bits per heavy atom. The van der Waals surface area contributed by atoms with Crippen molar-refractivity contribution in [2.24, 2.45) is 0 Å². The maximum Gasteiger partial charge on any atom is 0.245 e. The zero-order chi connectivity index (χ0) is 13.9. The zero-order valence-electron chi connectivity index (χ0n) is 11.9. The van der Waals surface area contributed by atoms with Crippen molar-refractivity contribution in [3.05, 3.63) is 18.2 Å². The average molecular weight is 278 g/mol. The van der Waals surface area contributed by atoms with Gasteiger partial charge < -0.3 is 19.5 Å². The van der Waals surface area contributed by atoms with Crippen molar-refractivity contribution >= 4 is 5.91 Å². The number of rotatable bonds is 3. The zero-order valence-corrected chi connectivity index (χ0v) is 11.9. The molecule has 1 aromatic rings. The molecule has 2 aliphatic rings. The van der Waals surface area contributed by atoms with E-state index in [0.717, 1.165) is 19.5 Å². The van der Waals surface area contributed by atoms with Gasteiger partial charge in [-0.2, -0.15) is 0 Å². The molecule has 0 aromatic carbocycles. The van der Waals surface area contributed by atoms with E-state index in [4.69, 9.17) is 4.74 Å². The molecule has 2 unspecified atom stereocenters. The Bertz CT molecular complexity index is 461. The maximum absolute atomic E-state index is 12.6. The van der Waals surface area contributed by atoms with Crippen molar-refractivity contribution in [3.8, 4) is 0 Å². The fraction of sp³-hybridized carbons (Fsp3) is 0.714. The Balaban J connectivity index is 1.74. The highest BCUT2D eigenvalue weighted by Gasteiger charge is 2.27. The molecule has 2 fully saturated rings. The topological polar surface area (TPSA) is 59.4 Å². The minimum atomic E-state index is -0.189. The Kier molecular flexibility index (Phi) is 4.03. The molecule has 1 N–H and O–H groups in total. The Hall–Kier alpha value is -1.40. The molecule has 0 radical (unpaired) electrons. The molecule has 6 nitrogen and oxygen atoms in total. The first-order valence-corrected chi connectivity index (χ1v) is 7.36. The number of amides is 1. The number of hydrogen-bond acceptors (Lipinski definition) is 4. The minimum absolute atomic E-state index is 0.165. The van der Waals surface area contributed by atoms with Gasteiger partial charge in [0.15, 0.2) is 0 Å². The molecule has 6 heteroatoms. The lowest BCUT2D eigenvalue weighted by molar-refractivity contribution is -0.138. The van der Waals surface area contributed by atoms with E-state index in [2.05, 4.69) is 10.3 Å². The number of aromatic nitrogens is 2. The summed E-state index contributed by atoms with van der Waals surface area (Å²) in [4.78, 5) is 18.7. The second-order valence-electron chi connectivity index (χ2n) is 5.53. The largest absolute Gasteiger partial charge is 0.378 e. The van der Waals surface area contributed by atoms with Gasteiger partial charge in [0, 0.05) is 37.4 Å². The highest BCUT2D eigenvalue weighted by molar-refractivity contribution is 5.80. The third-order valence-corrected chi connectivity index (χ3v) is 4.27. The first kappa shape index (κ1) is 13.6. The van der Waals surface area contributed by atoms with Crippen molar-refractivity contribution < 1.29 is 9.53 Å². The van der Waals surface area contributed by atoms with Crippen LogP contribution in [0.1, 0.15) is 31.0 Å². The van der Waals surface area contributed by atoms with Gasteiger partial charge in [-0.1, -0.05) is 0 Å². The summed E-state index contributed by atoms with van der Waals surface area (Å²) in [5.74, 6) is 0.635. The number of hydrogen-bond donors (Lipinski definition) is 1. The molecule has 2 atom stereocenters. The predicted molar refractivity (Wildman–Crippen MR) is 74.6 cm³/mol. The molecule has 3 heterocycles. The van der Waals surface area contributed by atoms with Crippen LogP contribution in [0, 0.1) is 0 Å². The predicted octanol–water partition coefficient (Wildman–Crippen LogP) is 0.380. The summed E-state index contributed by atoms with van der Waals surface area (Å²) in [6.07, 6.45) is 4.81. The van der Waals surface area contributed by atoms with Crippen molar-refractivity contribution in [2.75, 3.05) is 39.4 Å². The summed E-state index contributed by atoms with van der Waals surface area (Å²) in [5.41, 5.74) is 1.17. The van der Waals surface area contributed by atoms with E-state index in [1.165, 1.54) is 5.69 Å². The summed E-state index contributed by atoms with van der Waals surface area (Å²) >= 11 is 0. The molecule has 2 saturated heterocycles. The van der Waals surface area contributed by atoms with Crippen LogP contribution in [0.15, 0.2) is 12.5 Å². The fourth-order valence-electron chi connectivity index (χ4n) is 3.03. The smallest absolute Gasteiger partial charge is 0.245 e. The van der Waals surface area contributed by atoms with E-state index in [0.29, 0.717) is 32.2 Å². The number of imidazole rings is 1. The SMILES string of the molecule is CC(C(=O)N1CCOCC1)n1cncc1C1CCNC1. The van der Waals surface area contributed by atoms with Gasteiger partial charge >= 0.3 is 0 Å². The first-order chi connectivity index (χ1) is 9.77. The molecule has 3 rings (SSSR count). The van der Waals surface area contributed by atoms with Crippen molar-refractivity contribution in [1.82, 2.24) is 19.8 Å². The lowest BCUT2D eigenvalue weighted by Crippen LogP contribution is -2.43. The highest BCUT2D eigenvalue weighted by Crippen LogP contribution is 2.25. The van der Waals surface area contributed by atoms with Gasteiger partial charge in [-0.15, -0.1) is 0 Å². The molecule has 0 bridgehead atoms. The highest BCUT2D eigenvalue weighted by atomic mass is 16.5. The van der Waals surface area contributed by atoms with Crippen molar-refractivity contribution in [3.63, 3.8) is 0 Å². The van der Waals surface area contributed by atoms with Crippen LogP contribution < -0.4 is 5.32 Å². The molecule has 1 amide bonds. The van der Waals surface area contributed by atoms with Gasteiger partial charge in [-0.25, -0.2) is 4.98 Å². The minimum Gasteiger partial charge on any atom is -0.378 e. The molecular weight excluding hydrogens is 256 g/mol. The van der Waals surface area contributed by atoms with Crippen molar-refractivity contribution in [1.29, 1.82) is 0 Å². The molecule has 0 spiro atoms. The standard InChI is InChI=1S/C14H22N4O2/c1-11(14(19)17-4-6-20-7-5-17)18-10-16-9-13(18)12-2-3-15-8-12/h9-12,15H,2-8H2,1H3. The van der Waals surface area contributed by atoms with Crippen LogP contribution in [-0.4, -0.2) is 59.8 Å². The summed E-state index contributed by atoms with van der Waals surface area (Å²) in [6, 6.07) is -0.189. The second-order valence-corrected chi connectivity index (χ2v) is 5.53. The molecule has 1 aromatic heterocycles. The Labute approximate surface area is 119 Å². The summed E-state index contributed by atoms with van der Waals surface area (Å²) in [7, 11) is 0. The van der Waals surface area contributed by atoms with Crippen LogP contribution in [-0.2, 0) is 9.53 Å². The molecule has 0 saturated carbocycles. The van der Waals surface area contributed by atoms with Crippen LogP contribution in [0.3, 0.4) is 0 Å². The molecule has 2 aliphatic heterocycles. The Morgan fingerprint density at radius 3 is 3.00 bits per heavy atom. The number of nitrogens with zero attached hydrogens (tertiary/aromatic N) is 3. The lowest BCUT2D eigenvalue weighted by Gasteiger charge is -2.30. The van der Waals surface area contributed by atoms with E-state index >= 15 is 0 Å². The monoisotopic (exact) mass is 278 g/mol. The number of morpholine rings is 1. The summed E-state index contributed by atoms with van der Waals surface area (Å²) < 4.78 is 7.34. The molecule has 0 aliphatic carbocycles. The van der Waals surface area contributed by atoms with Crippen LogP contribution in [0.25, 0.3) is 0 Å². The van der Waals surface area contributed by atoms with E-state index in [-0.39, 0.29) is 11.9 Å². The van der Waals surface area contributed by atoms with Gasteiger partial charge in [0.1, 0.15) is 6.04 Å². The lowest BCUT2D eigenvalue weighted by atomic mass is 10.0. The van der Waals surface area contributed by atoms with Gasteiger partial charge in [0.2, 0.25) is 5.91 Å². The average Bonchev–Trinajstić information content (AvgIpc) is 3.16. The van der Waals surface area contributed by atoms with E-state index in [9.17, 15) is 4.79 Å². The first-order valence-electron chi connectivity index (χ1n) is 7.36. The number of ether oxygens (including phenoxy) is 1. The normalized spacial score (nSPS) is 24.9. The van der Waals surface area contributed by atoms with E-state index < -0.39 is 0 Å². The van der Waals surface area contributed by atoms with Crippen LogP contribution >= 0.6 is 0 Å². The number of carbonyl (C=O) groups excluding carboxylic acids is 1. The van der Waals surface area contributed by atoms with Gasteiger partial charge in [0.05, 0.1) is 19.5 Å². The van der Waals surface area contributed by atoms with Crippen LogP contribution in [0.5, 0.6) is 0 Å². The second kappa shape index (κ2) is 5.93. The maximum atomic E-state index is 12.6.